The average Bonchev–Trinajstić information content (AvgIpc) is 3.36. The molecule has 7 aromatic rings. The molecule has 0 saturated heterocycles. The minimum Gasteiger partial charge on any atom is -0.497 e. The molecular formula is C55H65ClF3N7O8. The highest BCUT2D eigenvalue weighted by molar-refractivity contribution is 6.30. The molecule has 0 saturated carbocycles. The number of alkyl halides is 3. The Bertz CT molecular complexity index is 2740. The first kappa shape index (κ1) is 63.2. The van der Waals surface area contributed by atoms with Crippen LogP contribution in [0.25, 0.3) is 0 Å². The Kier molecular flexibility index (Phi) is 28.2. The predicted molar refractivity (Wildman–Crippen MR) is 292 cm³/mol. The molecule has 0 fully saturated rings. The Hall–Kier alpha value is -8.77. The van der Waals surface area contributed by atoms with Crippen molar-refractivity contribution in [2.45, 2.75) is 32.9 Å². The van der Waals surface area contributed by atoms with E-state index in [1.54, 1.807) is 78.9 Å². The van der Waals surface area contributed by atoms with Crippen LogP contribution in [0.5, 0.6) is 11.5 Å². The van der Waals surface area contributed by atoms with Crippen molar-refractivity contribution in [2.75, 3.05) is 75.7 Å². The highest BCUT2D eigenvalue weighted by Crippen LogP contribution is 2.33. The number of benzene rings is 7. The molecule has 74 heavy (non-hydrogen) atoms. The fourth-order valence-corrected chi connectivity index (χ4v) is 5.72. The molecule has 0 aliphatic heterocycles. The van der Waals surface area contributed by atoms with Gasteiger partial charge in [0.05, 0.1) is 63.5 Å². The van der Waals surface area contributed by atoms with E-state index in [0.717, 1.165) is 23.5 Å². The second-order valence-corrected chi connectivity index (χ2v) is 15.9. The molecule has 0 heterocycles. The van der Waals surface area contributed by atoms with Gasteiger partial charge in [-0.15, -0.1) is 0 Å². The maximum absolute atomic E-state index is 12.2. The van der Waals surface area contributed by atoms with E-state index in [1.807, 2.05) is 49.4 Å². The van der Waals surface area contributed by atoms with Crippen LogP contribution < -0.4 is 49.6 Å². The minimum atomic E-state index is -4.39. The van der Waals surface area contributed by atoms with E-state index >= 15 is 0 Å². The zero-order chi connectivity index (χ0) is 56.0. The van der Waals surface area contributed by atoms with Crippen LogP contribution >= 0.6 is 11.6 Å². The van der Waals surface area contributed by atoms with Crippen LogP contribution in [0.1, 0.15) is 67.5 Å². The van der Waals surface area contributed by atoms with Gasteiger partial charge in [0.1, 0.15) is 11.5 Å². The fourth-order valence-electron chi connectivity index (χ4n) is 5.52. The van der Waals surface area contributed by atoms with E-state index < -0.39 is 23.7 Å². The van der Waals surface area contributed by atoms with Crippen LogP contribution in [0.3, 0.4) is 0 Å². The van der Waals surface area contributed by atoms with Crippen LogP contribution in [-0.2, 0) is 20.4 Å². The van der Waals surface area contributed by atoms with E-state index in [4.69, 9.17) is 56.5 Å². The molecule has 0 spiro atoms. The van der Waals surface area contributed by atoms with Gasteiger partial charge in [-0.25, -0.2) is 14.4 Å². The van der Waals surface area contributed by atoms with Crippen LogP contribution in [-0.4, -0.2) is 53.5 Å². The molecule has 0 aliphatic carbocycles. The summed E-state index contributed by atoms with van der Waals surface area (Å²) in [6.45, 7) is 6.37. The Balaban J connectivity index is 0.000000434. The molecule has 0 bridgehead atoms. The van der Waals surface area contributed by atoms with Crippen molar-refractivity contribution in [2.24, 2.45) is 0 Å². The molecule has 7 aromatic carbocycles. The zero-order valence-corrected chi connectivity index (χ0v) is 43.2. The number of nitrogen functional groups attached to an aromatic ring is 7. The summed E-state index contributed by atoms with van der Waals surface area (Å²) >= 11 is 5.56. The summed E-state index contributed by atoms with van der Waals surface area (Å²) in [7, 11) is 6.79. The Morgan fingerprint density at radius 3 is 1.43 bits per heavy atom. The zero-order valence-electron chi connectivity index (χ0n) is 42.4. The van der Waals surface area contributed by atoms with Gasteiger partial charge in [-0.2, -0.15) is 13.2 Å². The lowest BCUT2D eigenvalue weighted by Gasteiger charge is -2.09. The first-order chi connectivity index (χ1) is 34.9. The number of nitrogens with two attached hydrogens (primary N) is 7. The number of hydrogen-bond acceptors (Lipinski definition) is 15. The van der Waals surface area contributed by atoms with Gasteiger partial charge in [-0.1, -0.05) is 74.0 Å². The van der Waals surface area contributed by atoms with E-state index in [2.05, 4.69) is 44.9 Å². The van der Waals surface area contributed by atoms with Gasteiger partial charge in [-0.05, 0) is 127 Å². The third-order valence-electron chi connectivity index (χ3n) is 9.31. The van der Waals surface area contributed by atoms with Crippen LogP contribution in [0.4, 0.5) is 53.0 Å². The number of halogens is 4. The highest BCUT2D eigenvalue weighted by atomic mass is 35.5. The van der Waals surface area contributed by atoms with Gasteiger partial charge >= 0.3 is 24.1 Å². The van der Waals surface area contributed by atoms with E-state index in [1.165, 1.54) is 58.8 Å². The minimum absolute atomic E-state index is 0.0340. The summed E-state index contributed by atoms with van der Waals surface area (Å²) in [5.41, 5.74) is 45.0. The predicted octanol–water partition coefficient (Wildman–Crippen LogP) is 11.4. The highest BCUT2D eigenvalue weighted by Gasteiger charge is 2.31. The fraction of sp³-hybridized carbons (Fsp3) is 0.182. The van der Waals surface area contributed by atoms with Crippen molar-refractivity contribution < 1.29 is 51.2 Å². The summed E-state index contributed by atoms with van der Waals surface area (Å²) in [6, 6.07) is 44.2. The number of carbonyl (C=O) groups excluding carboxylic acids is 3. The number of aryl methyl sites for hydroxylation is 1. The second-order valence-electron chi connectivity index (χ2n) is 15.4. The van der Waals surface area contributed by atoms with E-state index in [9.17, 15) is 27.6 Å². The number of rotatable bonds is 6. The van der Waals surface area contributed by atoms with Gasteiger partial charge in [-0.3, -0.25) is 0 Å². The summed E-state index contributed by atoms with van der Waals surface area (Å²) in [6.07, 6.45) is -4.39. The SMILES string of the molecule is CC(C)c1ccc(N)cc1.COC(=O)c1ccc(OC)c(N)c1.COC(=O)c1cccc(N)c1.COC(=O)c1ccccc1N.COc1cc(N)cc(C(F)(F)F)c1.Cc1cccc(N)c1.Nc1cccc(Cl)c1. The third-order valence-corrected chi connectivity index (χ3v) is 9.55. The van der Waals surface area contributed by atoms with Gasteiger partial charge in [0, 0.05) is 45.2 Å². The van der Waals surface area contributed by atoms with E-state index in [-0.39, 0.29) is 17.4 Å². The first-order valence-corrected chi connectivity index (χ1v) is 22.4. The van der Waals surface area contributed by atoms with Gasteiger partial charge in [0.25, 0.3) is 0 Å². The van der Waals surface area contributed by atoms with Crippen LogP contribution in [0.15, 0.2) is 158 Å². The standard InChI is InChI=1S/C9H11NO3.C9H13N.C8H8F3NO.2C8H9NO2.C7H9N.C6H6ClN/c1-12-8-4-3-6(5-7(8)10)9(11)13-2;1-7(2)8-3-5-9(10)6-4-8;1-13-7-3-5(8(9,10)11)2-6(12)4-7;1-11-8(10)6-3-2-4-7(9)5-6;1-11-8(10)6-4-2-3-5-7(6)9;1-6-3-2-4-7(8)5-6;7-5-2-1-3-6(8)4-5/h3-5H,10H2,1-2H3;3-7H,10H2,1-2H3;2-4H,12H2,1H3;2*2-5H,9H2,1H3;2-5H,8H2,1H3;1-4H,8H2. The van der Waals surface area contributed by atoms with Crippen molar-refractivity contribution >= 4 is 69.3 Å². The van der Waals surface area contributed by atoms with Crippen molar-refractivity contribution in [3.8, 4) is 11.5 Å². The van der Waals surface area contributed by atoms with Gasteiger partial charge in [0.2, 0.25) is 0 Å². The summed E-state index contributed by atoms with van der Waals surface area (Å²) < 4.78 is 59.6. The van der Waals surface area contributed by atoms with Crippen molar-refractivity contribution in [1.29, 1.82) is 0 Å². The molecule has 0 amide bonds. The van der Waals surface area contributed by atoms with Gasteiger partial charge < -0.3 is 63.8 Å². The van der Waals surface area contributed by atoms with Crippen LogP contribution in [0, 0.1) is 6.92 Å². The number of anilines is 7. The Morgan fingerprint density at radius 2 is 1.01 bits per heavy atom. The average molecular weight is 1040 g/mol. The maximum Gasteiger partial charge on any atom is 0.416 e. The lowest BCUT2D eigenvalue weighted by molar-refractivity contribution is -0.137. The molecule has 0 aliphatic rings. The molecule has 15 nitrogen and oxygen atoms in total. The Labute approximate surface area is 435 Å². The molecule has 0 unspecified atom stereocenters. The molecule has 0 atom stereocenters. The normalized spacial score (nSPS) is 9.74. The van der Waals surface area contributed by atoms with Crippen LogP contribution in [0.2, 0.25) is 5.02 Å². The topological polar surface area (TPSA) is 280 Å². The number of esters is 3. The summed E-state index contributed by atoms with van der Waals surface area (Å²) in [5.74, 6) is 0.0790. The number of ether oxygens (including phenoxy) is 5. The molecule has 19 heteroatoms. The smallest absolute Gasteiger partial charge is 0.416 e. The molecule has 0 radical (unpaired) electrons. The molecular weight excluding hydrogens is 979 g/mol. The third kappa shape index (κ3) is 24.9. The first-order valence-electron chi connectivity index (χ1n) is 22.0. The van der Waals surface area contributed by atoms with Crippen molar-refractivity contribution in [1.82, 2.24) is 0 Å². The van der Waals surface area contributed by atoms with Gasteiger partial charge in [0.15, 0.2) is 0 Å². The monoisotopic (exact) mass is 1040 g/mol. The Morgan fingerprint density at radius 1 is 0.486 bits per heavy atom. The van der Waals surface area contributed by atoms with Crippen molar-refractivity contribution in [3.63, 3.8) is 0 Å². The summed E-state index contributed by atoms with van der Waals surface area (Å²) in [5, 5.41) is 0.685. The number of para-hydroxylation sites is 1. The number of carbonyl (C=O) groups is 3. The molecule has 14 N–H and O–H groups in total. The quantitative estimate of drug-likeness (QED) is 0.0463. The lowest BCUT2D eigenvalue weighted by atomic mass is 10.0. The summed E-state index contributed by atoms with van der Waals surface area (Å²) in [4.78, 5) is 32.9. The largest absolute Gasteiger partial charge is 0.497 e. The lowest BCUT2D eigenvalue weighted by Crippen LogP contribution is -2.06. The van der Waals surface area contributed by atoms with Crippen molar-refractivity contribution in [3.05, 3.63) is 196 Å². The maximum atomic E-state index is 12.2. The molecule has 7 rings (SSSR count). The number of methoxy groups -OCH3 is 5. The molecule has 0 aromatic heterocycles. The molecule has 396 valence electrons. The number of hydrogen-bond donors (Lipinski definition) is 7. The second kappa shape index (κ2) is 33.0. The van der Waals surface area contributed by atoms with E-state index in [0.29, 0.717) is 56.1 Å².